The summed E-state index contributed by atoms with van der Waals surface area (Å²) in [6.07, 6.45) is 0. The van der Waals surface area contributed by atoms with E-state index in [0.29, 0.717) is 11.6 Å². The normalized spacial score (nSPS) is 12.1. The summed E-state index contributed by atoms with van der Waals surface area (Å²) in [6, 6.07) is 5.25. The molecular weight excluding hydrogens is 330 g/mol. The van der Waals surface area contributed by atoms with E-state index >= 15 is 0 Å². The monoisotopic (exact) mass is 346 g/mol. The van der Waals surface area contributed by atoms with Gasteiger partial charge in [-0.15, -0.1) is 10.2 Å². The van der Waals surface area contributed by atoms with Crippen LogP contribution in [0.5, 0.6) is 5.75 Å². The number of hydrogen-bond donors (Lipinski definition) is 0. The molecule has 0 N–H and O–H groups in total. The first-order chi connectivity index (χ1) is 10.7. The van der Waals surface area contributed by atoms with E-state index in [0.717, 1.165) is 4.31 Å². The quantitative estimate of drug-likeness (QED) is 0.793. The molecule has 0 aliphatic carbocycles. The average Bonchev–Trinajstić information content (AvgIpc) is 2.79. The minimum atomic E-state index is -4.03. The number of alkyl halides is 2. The van der Waals surface area contributed by atoms with E-state index in [1.54, 1.807) is 18.5 Å². The molecule has 0 amide bonds. The first kappa shape index (κ1) is 17.3. The Morgan fingerprint density at radius 2 is 1.96 bits per heavy atom. The van der Waals surface area contributed by atoms with E-state index in [1.807, 2.05) is 0 Å². The number of halogens is 2. The highest BCUT2D eigenvalue weighted by Crippen LogP contribution is 2.27. The van der Waals surface area contributed by atoms with Crippen LogP contribution in [0.25, 0.3) is 0 Å². The van der Waals surface area contributed by atoms with Crippen LogP contribution in [0.2, 0.25) is 0 Å². The fourth-order valence-corrected chi connectivity index (χ4v) is 3.14. The summed E-state index contributed by atoms with van der Waals surface area (Å²) < 4.78 is 57.0. The lowest BCUT2D eigenvalue weighted by Gasteiger charge is -2.18. The molecule has 0 fully saturated rings. The molecule has 126 valence electrons. The molecule has 0 radical (unpaired) electrons. The van der Waals surface area contributed by atoms with E-state index in [1.165, 1.54) is 31.3 Å². The highest BCUT2D eigenvalue weighted by atomic mass is 32.2. The maximum Gasteiger partial charge on any atom is 0.387 e. The summed E-state index contributed by atoms with van der Waals surface area (Å²) in [4.78, 5) is -0.332. The largest absolute Gasteiger partial charge is 0.433 e. The van der Waals surface area contributed by atoms with E-state index < -0.39 is 22.4 Å². The van der Waals surface area contributed by atoms with E-state index in [-0.39, 0.29) is 11.4 Å². The number of hydrogen-bond acceptors (Lipinski definition) is 5. The van der Waals surface area contributed by atoms with Crippen molar-refractivity contribution in [1.82, 2.24) is 19.1 Å². The van der Waals surface area contributed by atoms with Gasteiger partial charge in [0.1, 0.15) is 22.3 Å². The first-order valence-electron chi connectivity index (χ1n) is 6.58. The standard InChI is InChI=1S/C13H16F2N4O3S/c1-9-16-17-12(19(9)3)8-18(2)23(20,21)11-7-5-4-6-10(11)22-13(14)15/h4-7,13H,8H2,1-3H3. The number of sulfonamides is 1. The van der Waals surface area contributed by atoms with Crippen LogP contribution in [0.4, 0.5) is 8.78 Å². The van der Waals surface area contributed by atoms with Crippen LogP contribution in [-0.4, -0.2) is 41.1 Å². The minimum Gasteiger partial charge on any atom is -0.433 e. The van der Waals surface area contributed by atoms with Gasteiger partial charge in [0.15, 0.2) is 0 Å². The summed E-state index contributed by atoms with van der Waals surface area (Å²) in [6.45, 7) is -1.43. The maximum absolute atomic E-state index is 12.6. The molecule has 2 aromatic rings. The van der Waals surface area contributed by atoms with E-state index in [4.69, 9.17) is 0 Å². The van der Waals surface area contributed by atoms with Gasteiger partial charge in [0.2, 0.25) is 10.0 Å². The van der Waals surface area contributed by atoms with Crippen LogP contribution in [0, 0.1) is 6.92 Å². The Labute approximate surface area is 132 Å². The summed E-state index contributed by atoms with van der Waals surface area (Å²) in [5, 5.41) is 7.74. The molecule has 0 spiro atoms. The predicted octanol–water partition coefficient (Wildman–Crippen LogP) is 1.55. The van der Waals surface area contributed by atoms with Crippen LogP contribution in [0.3, 0.4) is 0 Å². The number of ether oxygens (including phenoxy) is 1. The lowest BCUT2D eigenvalue weighted by atomic mass is 10.3. The molecule has 0 saturated carbocycles. The Morgan fingerprint density at radius 3 is 2.52 bits per heavy atom. The van der Waals surface area contributed by atoms with Gasteiger partial charge in [-0.1, -0.05) is 12.1 Å². The van der Waals surface area contributed by atoms with Crippen molar-refractivity contribution in [2.45, 2.75) is 25.0 Å². The molecule has 23 heavy (non-hydrogen) atoms. The van der Waals surface area contributed by atoms with Crippen LogP contribution >= 0.6 is 0 Å². The molecule has 0 aliphatic heterocycles. The fourth-order valence-electron chi connectivity index (χ4n) is 1.90. The molecule has 0 atom stereocenters. The molecule has 1 aromatic carbocycles. The van der Waals surface area contributed by atoms with Crippen molar-refractivity contribution in [2.75, 3.05) is 7.05 Å². The Balaban J connectivity index is 2.32. The van der Waals surface area contributed by atoms with Crippen LogP contribution in [0.1, 0.15) is 11.6 Å². The Hall–Kier alpha value is -2.07. The Kier molecular flexibility index (Phi) is 4.95. The molecule has 0 aliphatic rings. The second-order valence-electron chi connectivity index (χ2n) is 4.81. The van der Waals surface area contributed by atoms with Gasteiger partial charge < -0.3 is 9.30 Å². The first-order valence-corrected chi connectivity index (χ1v) is 8.02. The highest BCUT2D eigenvalue weighted by molar-refractivity contribution is 7.89. The van der Waals surface area contributed by atoms with Crippen molar-refractivity contribution in [3.05, 3.63) is 35.9 Å². The van der Waals surface area contributed by atoms with E-state index in [9.17, 15) is 17.2 Å². The molecule has 0 bridgehead atoms. The van der Waals surface area contributed by atoms with Gasteiger partial charge in [0.05, 0.1) is 6.54 Å². The molecule has 0 saturated heterocycles. The van der Waals surface area contributed by atoms with Crippen molar-refractivity contribution in [2.24, 2.45) is 7.05 Å². The molecule has 1 heterocycles. The van der Waals surface area contributed by atoms with Crippen molar-refractivity contribution in [3.63, 3.8) is 0 Å². The number of para-hydroxylation sites is 1. The van der Waals surface area contributed by atoms with Gasteiger partial charge in [-0.25, -0.2) is 8.42 Å². The van der Waals surface area contributed by atoms with E-state index in [2.05, 4.69) is 14.9 Å². The topological polar surface area (TPSA) is 77.3 Å². The molecule has 0 unspecified atom stereocenters. The van der Waals surface area contributed by atoms with Crippen molar-refractivity contribution < 1.29 is 21.9 Å². The smallest absolute Gasteiger partial charge is 0.387 e. The number of aryl methyl sites for hydroxylation is 1. The van der Waals surface area contributed by atoms with Crippen LogP contribution in [-0.2, 0) is 23.6 Å². The minimum absolute atomic E-state index is 0.0529. The maximum atomic E-state index is 12.6. The zero-order valence-electron chi connectivity index (χ0n) is 12.8. The lowest BCUT2D eigenvalue weighted by Crippen LogP contribution is -2.28. The van der Waals surface area contributed by atoms with Crippen molar-refractivity contribution in [3.8, 4) is 5.75 Å². The Bertz CT molecular complexity index is 792. The second kappa shape index (κ2) is 6.59. The predicted molar refractivity (Wildman–Crippen MR) is 77.5 cm³/mol. The number of benzene rings is 1. The summed E-state index contributed by atoms with van der Waals surface area (Å²) >= 11 is 0. The summed E-state index contributed by atoms with van der Waals surface area (Å²) in [5.41, 5.74) is 0. The lowest BCUT2D eigenvalue weighted by molar-refractivity contribution is -0.0517. The Morgan fingerprint density at radius 1 is 1.30 bits per heavy atom. The van der Waals surface area contributed by atoms with Crippen molar-refractivity contribution in [1.29, 1.82) is 0 Å². The fraction of sp³-hybridized carbons (Fsp3) is 0.385. The third-order valence-corrected chi connectivity index (χ3v) is 5.14. The van der Waals surface area contributed by atoms with Gasteiger partial charge >= 0.3 is 6.61 Å². The third kappa shape index (κ3) is 3.64. The van der Waals surface area contributed by atoms with Crippen LogP contribution < -0.4 is 4.74 Å². The van der Waals surface area contributed by atoms with Crippen LogP contribution in [0.15, 0.2) is 29.2 Å². The summed E-state index contributed by atoms with van der Waals surface area (Å²) in [7, 11) is -0.988. The molecule has 7 nitrogen and oxygen atoms in total. The van der Waals surface area contributed by atoms with Gasteiger partial charge in [-0.2, -0.15) is 13.1 Å². The van der Waals surface area contributed by atoms with Gasteiger partial charge in [-0.3, -0.25) is 0 Å². The zero-order valence-corrected chi connectivity index (χ0v) is 13.6. The molecule has 2 rings (SSSR count). The number of nitrogens with zero attached hydrogens (tertiary/aromatic N) is 4. The third-order valence-electron chi connectivity index (χ3n) is 3.30. The number of aromatic nitrogens is 3. The zero-order chi connectivity index (χ0) is 17.2. The van der Waals surface area contributed by atoms with Gasteiger partial charge in [0, 0.05) is 14.1 Å². The van der Waals surface area contributed by atoms with Gasteiger partial charge in [0.25, 0.3) is 0 Å². The van der Waals surface area contributed by atoms with Crippen molar-refractivity contribution >= 4 is 10.0 Å². The van der Waals surface area contributed by atoms with Gasteiger partial charge in [-0.05, 0) is 19.1 Å². The highest BCUT2D eigenvalue weighted by Gasteiger charge is 2.27. The molecule has 1 aromatic heterocycles. The average molecular weight is 346 g/mol. The summed E-state index contributed by atoms with van der Waals surface area (Å²) in [5.74, 6) is 0.663. The SMILES string of the molecule is Cc1nnc(CN(C)S(=O)(=O)c2ccccc2OC(F)F)n1C. The molecular formula is C13H16F2N4O3S. The number of rotatable bonds is 6. The second-order valence-corrected chi connectivity index (χ2v) is 6.82. The molecule has 10 heteroatoms.